The van der Waals surface area contributed by atoms with E-state index < -0.39 is 0 Å². The number of hydrogen-bond acceptors (Lipinski definition) is 7. The normalized spacial score (nSPS) is 24.6. The third-order valence-corrected chi connectivity index (χ3v) is 6.18. The smallest absolute Gasteiger partial charge is 0.276 e. The van der Waals surface area contributed by atoms with E-state index in [4.69, 9.17) is 9.51 Å². The highest BCUT2D eigenvalue weighted by atomic mass is 16.5. The third-order valence-electron chi connectivity index (χ3n) is 6.18. The van der Waals surface area contributed by atoms with Crippen molar-refractivity contribution >= 4 is 11.9 Å². The molecule has 3 saturated heterocycles. The van der Waals surface area contributed by atoms with E-state index in [-0.39, 0.29) is 11.3 Å². The second kappa shape index (κ2) is 6.30. The number of hydrogen-bond donors (Lipinski definition) is 0. The van der Waals surface area contributed by atoms with Gasteiger partial charge in [0.15, 0.2) is 5.69 Å². The van der Waals surface area contributed by atoms with Crippen LogP contribution in [0.15, 0.2) is 29.1 Å². The van der Waals surface area contributed by atoms with E-state index >= 15 is 0 Å². The van der Waals surface area contributed by atoms with Crippen molar-refractivity contribution in [3.63, 3.8) is 0 Å². The van der Waals surface area contributed by atoms with Gasteiger partial charge in [-0.2, -0.15) is 0 Å². The van der Waals surface area contributed by atoms with Gasteiger partial charge >= 0.3 is 0 Å². The zero-order valence-electron chi connectivity index (χ0n) is 15.5. The minimum absolute atomic E-state index is 0.0527. The first-order valence-corrected chi connectivity index (χ1v) is 9.61. The number of carbonyl (C=O) groups is 1. The molecule has 2 aromatic rings. The second-order valence-corrected chi connectivity index (χ2v) is 8.13. The third kappa shape index (κ3) is 2.79. The van der Waals surface area contributed by atoms with Gasteiger partial charge in [0.05, 0.1) is 5.69 Å². The Balaban J connectivity index is 1.36. The van der Waals surface area contributed by atoms with Crippen molar-refractivity contribution in [2.75, 3.05) is 51.2 Å². The van der Waals surface area contributed by atoms with Crippen LogP contribution in [0.4, 0.5) is 5.95 Å². The Bertz CT molecular complexity index is 826. The fourth-order valence-electron chi connectivity index (χ4n) is 4.91. The van der Waals surface area contributed by atoms with E-state index in [1.54, 1.807) is 6.07 Å². The lowest BCUT2D eigenvalue weighted by molar-refractivity contribution is 0.00282. The predicted molar refractivity (Wildman–Crippen MR) is 98.6 cm³/mol. The summed E-state index contributed by atoms with van der Waals surface area (Å²) in [7, 11) is 2.15. The van der Waals surface area contributed by atoms with Gasteiger partial charge in [-0.15, -0.1) is 0 Å². The summed E-state index contributed by atoms with van der Waals surface area (Å²) >= 11 is 0. The number of carbonyl (C=O) groups excluding carboxylic acids is 1. The number of amides is 1. The van der Waals surface area contributed by atoms with Gasteiger partial charge in [0.25, 0.3) is 5.91 Å². The molecule has 8 heteroatoms. The molecule has 1 unspecified atom stereocenters. The van der Waals surface area contributed by atoms with Gasteiger partial charge in [0.2, 0.25) is 5.95 Å². The average molecular weight is 368 g/mol. The van der Waals surface area contributed by atoms with Crippen LogP contribution in [0.2, 0.25) is 0 Å². The lowest BCUT2D eigenvalue weighted by Gasteiger charge is -2.50. The molecule has 0 radical (unpaired) electrons. The summed E-state index contributed by atoms with van der Waals surface area (Å²) in [5.74, 6) is 1.11. The Hall–Kier alpha value is -2.48. The maximum absolute atomic E-state index is 12.5. The molecule has 3 aliphatic heterocycles. The molecular weight excluding hydrogens is 344 g/mol. The molecule has 0 aliphatic carbocycles. The fourth-order valence-corrected chi connectivity index (χ4v) is 4.91. The zero-order valence-corrected chi connectivity index (χ0v) is 15.5. The van der Waals surface area contributed by atoms with Crippen molar-refractivity contribution in [3.8, 4) is 0 Å². The van der Waals surface area contributed by atoms with Gasteiger partial charge < -0.3 is 19.2 Å². The van der Waals surface area contributed by atoms with E-state index in [9.17, 15) is 4.79 Å². The summed E-state index contributed by atoms with van der Waals surface area (Å²) in [6.07, 6.45) is 5.75. The molecule has 1 atom stereocenters. The Morgan fingerprint density at radius 1 is 1.22 bits per heavy atom. The molecule has 5 heterocycles. The molecule has 8 nitrogen and oxygen atoms in total. The standard InChI is InChI=1S/C19H24N6O2/c1-23-10-14(15-4-6-20-18(21-15)24-7-2-3-8-24)19(11-23)12-25(13-19)17(26)16-5-9-27-22-16/h4-6,9,14H,2-3,7-8,10-13H2,1H3. The van der Waals surface area contributed by atoms with Gasteiger partial charge in [-0.1, -0.05) is 5.16 Å². The summed E-state index contributed by atoms with van der Waals surface area (Å²) < 4.78 is 4.81. The second-order valence-electron chi connectivity index (χ2n) is 8.13. The van der Waals surface area contributed by atoms with Gasteiger partial charge in [0.1, 0.15) is 6.26 Å². The van der Waals surface area contributed by atoms with Crippen molar-refractivity contribution < 1.29 is 9.32 Å². The van der Waals surface area contributed by atoms with Crippen molar-refractivity contribution in [3.05, 3.63) is 36.0 Å². The van der Waals surface area contributed by atoms with Crippen molar-refractivity contribution in [2.24, 2.45) is 5.41 Å². The Kier molecular flexibility index (Phi) is 3.89. The fraction of sp³-hybridized carbons (Fsp3) is 0.579. The minimum Gasteiger partial charge on any atom is -0.364 e. The SMILES string of the molecule is CN1CC(c2ccnc(N3CCCC3)n2)C2(C1)CN(C(=O)c1ccon1)C2. The molecule has 0 bridgehead atoms. The molecule has 0 aromatic carbocycles. The molecule has 1 spiro atoms. The zero-order chi connectivity index (χ0) is 18.4. The molecule has 142 valence electrons. The highest BCUT2D eigenvalue weighted by molar-refractivity contribution is 5.92. The number of rotatable bonds is 3. The van der Waals surface area contributed by atoms with Gasteiger partial charge in [-0.25, -0.2) is 9.97 Å². The van der Waals surface area contributed by atoms with Crippen molar-refractivity contribution in [1.29, 1.82) is 0 Å². The number of anilines is 1. The molecule has 1 amide bonds. The van der Waals surface area contributed by atoms with Crippen LogP contribution in [0.5, 0.6) is 0 Å². The Morgan fingerprint density at radius 3 is 2.78 bits per heavy atom. The first-order chi connectivity index (χ1) is 13.1. The summed E-state index contributed by atoms with van der Waals surface area (Å²) in [6.45, 7) is 5.48. The highest BCUT2D eigenvalue weighted by Crippen LogP contribution is 2.48. The van der Waals surface area contributed by atoms with Crippen LogP contribution in [0.1, 0.15) is 34.9 Å². The van der Waals surface area contributed by atoms with E-state index in [1.807, 2.05) is 17.2 Å². The maximum atomic E-state index is 12.5. The van der Waals surface area contributed by atoms with Crippen LogP contribution in [0.3, 0.4) is 0 Å². The average Bonchev–Trinajstić information content (AvgIpc) is 3.39. The molecule has 5 rings (SSSR count). The monoisotopic (exact) mass is 368 g/mol. The first-order valence-electron chi connectivity index (χ1n) is 9.61. The van der Waals surface area contributed by atoms with Crippen LogP contribution in [0, 0.1) is 5.41 Å². The van der Waals surface area contributed by atoms with E-state index in [2.05, 4.69) is 27.0 Å². The van der Waals surface area contributed by atoms with E-state index in [1.165, 1.54) is 19.1 Å². The summed E-state index contributed by atoms with van der Waals surface area (Å²) in [5.41, 5.74) is 1.54. The lowest BCUT2D eigenvalue weighted by atomic mass is 9.70. The predicted octanol–water partition coefficient (Wildman–Crippen LogP) is 1.24. The van der Waals surface area contributed by atoms with Gasteiger partial charge in [-0.3, -0.25) is 4.79 Å². The number of likely N-dealkylation sites (tertiary alicyclic amines) is 2. The topological polar surface area (TPSA) is 78.6 Å². The number of nitrogens with zero attached hydrogens (tertiary/aromatic N) is 6. The Labute approximate surface area is 158 Å². The van der Waals surface area contributed by atoms with E-state index in [0.717, 1.165) is 50.9 Å². The maximum Gasteiger partial charge on any atom is 0.276 e. The van der Waals surface area contributed by atoms with Gasteiger partial charge in [-0.05, 0) is 26.0 Å². The van der Waals surface area contributed by atoms with Crippen LogP contribution < -0.4 is 4.90 Å². The largest absolute Gasteiger partial charge is 0.364 e. The van der Waals surface area contributed by atoms with E-state index in [0.29, 0.717) is 11.6 Å². The van der Waals surface area contributed by atoms with Crippen molar-refractivity contribution in [2.45, 2.75) is 18.8 Å². The summed E-state index contributed by atoms with van der Waals surface area (Å²) in [4.78, 5) is 28.5. The molecule has 27 heavy (non-hydrogen) atoms. The highest BCUT2D eigenvalue weighted by Gasteiger charge is 2.55. The minimum atomic E-state index is -0.0527. The summed E-state index contributed by atoms with van der Waals surface area (Å²) in [5, 5.41) is 3.78. The number of likely N-dealkylation sites (N-methyl/N-ethyl adjacent to an activating group) is 1. The molecule has 0 N–H and O–H groups in total. The first kappa shape index (κ1) is 16.7. The Morgan fingerprint density at radius 2 is 2.04 bits per heavy atom. The lowest BCUT2D eigenvalue weighted by Crippen LogP contribution is -2.61. The summed E-state index contributed by atoms with van der Waals surface area (Å²) in [6, 6.07) is 3.67. The molecule has 3 aliphatic rings. The van der Waals surface area contributed by atoms with Crippen LogP contribution >= 0.6 is 0 Å². The number of aromatic nitrogens is 3. The molecular formula is C19H24N6O2. The van der Waals surface area contributed by atoms with Crippen LogP contribution in [0.25, 0.3) is 0 Å². The van der Waals surface area contributed by atoms with Gasteiger partial charge in [0, 0.05) is 62.9 Å². The van der Waals surface area contributed by atoms with Crippen LogP contribution in [-0.2, 0) is 0 Å². The molecule has 2 aromatic heterocycles. The molecule has 0 saturated carbocycles. The molecule has 3 fully saturated rings. The van der Waals surface area contributed by atoms with Crippen molar-refractivity contribution in [1.82, 2.24) is 24.9 Å². The van der Waals surface area contributed by atoms with Crippen LogP contribution in [-0.4, -0.2) is 77.1 Å². The quantitative estimate of drug-likeness (QED) is 0.806.